The smallest absolute Gasteiger partial charge is 0.382 e. The second-order valence-corrected chi connectivity index (χ2v) is 7.96. The lowest BCUT2D eigenvalue weighted by molar-refractivity contribution is -0.137. The molecular weight excluding hydrogens is 475 g/mol. The average molecular weight is 493 g/mol. The molecule has 0 spiro atoms. The zero-order valence-corrected chi connectivity index (χ0v) is 18.8. The number of nitrogens with zero attached hydrogens (tertiary/aromatic N) is 8. The van der Waals surface area contributed by atoms with Crippen LogP contribution in [0.2, 0.25) is 0 Å². The van der Waals surface area contributed by atoms with Crippen molar-refractivity contribution < 1.29 is 18.0 Å². The molecule has 0 fully saturated rings. The molecule has 5 heterocycles. The number of anilines is 1. The highest BCUT2D eigenvalue weighted by Crippen LogP contribution is 2.29. The van der Waals surface area contributed by atoms with Crippen LogP contribution in [0.3, 0.4) is 0 Å². The summed E-state index contributed by atoms with van der Waals surface area (Å²) in [6.07, 6.45) is 3.83. The maximum Gasteiger partial charge on any atom is 0.417 e. The SMILES string of the molecule is CC(c1ncccn1)N(Cc1ccc(C(F)(F)F)cn1)C(=O)c1cc2c(cn1)nc(N)c1cncn12. The Morgan fingerprint density at radius 3 is 2.56 bits per heavy atom. The van der Waals surface area contributed by atoms with Gasteiger partial charge in [0, 0.05) is 18.6 Å². The number of rotatable bonds is 5. The molecule has 10 nitrogen and oxygen atoms in total. The highest BCUT2D eigenvalue weighted by Gasteiger charge is 2.31. The first-order valence-corrected chi connectivity index (χ1v) is 10.7. The number of pyridine rings is 2. The number of amides is 1. The van der Waals surface area contributed by atoms with Crippen molar-refractivity contribution >= 4 is 28.3 Å². The Morgan fingerprint density at radius 1 is 1.08 bits per heavy atom. The lowest BCUT2D eigenvalue weighted by atomic mass is 10.1. The van der Waals surface area contributed by atoms with Crippen LogP contribution in [-0.4, -0.2) is 45.1 Å². The molecule has 2 N–H and O–H groups in total. The summed E-state index contributed by atoms with van der Waals surface area (Å²) in [4.78, 5) is 40.1. The number of imidazole rings is 1. The van der Waals surface area contributed by atoms with E-state index in [1.165, 1.54) is 29.6 Å². The van der Waals surface area contributed by atoms with Crippen LogP contribution in [-0.2, 0) is 12.7 Å². The fourth-order valence-corrected chi connectivity index (χ4v) is 3.75. The van der Waals surface area contributed by atoms with Crippen molar-refractivity contribution in [1.82, 2.24) is 39.2 Å². The van der Waals surface area contributed by atoms with Crippen molar-refractivity contribution in [3.05, 3.63) is 84.4 Å². The van der Waals surface area contributed by atoms with Gasteiger partial charge in [-0.3, -0.25) is 14.2 Å². The Hall–Kier alpha value is -4.68. The van der Waals surface area contributed by atoms with E-state index in [0.29, 0.717) is 22.4 Å². The summed E-state index contributed by atoms with van der Waals surface area (Å²) in [5.74, 6) is 0.124. The maximum absolute atomic E-state index is 13.7. The summed E-state index contributed by atoms with van der Waals surface area (Å²) in [5.41, 5.74) is 7.03. The lowest BCUT2D eigenvalue weighted by Crippen LogP contribution is -2.35. The molecule has 1 unspecified atom stereocenters. The topological polar surface area (TPSA) is 128 Å². The molecule has 36 heavy (non-hydrogen) atoms. The number of hydrogen-bond donors (Lipinski definition) is 1. The minimum absolute atomic E-state index is 0.0822. The zero-order valence-electron chi connectivity index (χ0n) is 18.8. The third kappa shape index (κ3) is 4.26. The van der Waals surface area contributed by atoms with Gasteiger partial charge in [0.2, 0.25) is 0 Å². The number of fused-ring (bicyclic) bond motifs is 3. The molecule has 0 saturated carbocycles. The molecule has 0 saturated heterocycles. The number of hydrogen-bond acceptors (Lipinski definition) is 8. The minimum Gasteiger partial charge on any atom is -0.382 e. The van der Waals surface area contributed by atoms with Gasteiger partial charge in [-0.15, -0.1) is 0 Å². The second-order valence-electron chi connectivity index (χ2n) is 7.96. The molecule has 0 radical (unpaired) electrons. The van der Waals surface area contributed by atoms with Gasteiger partial charge in [-0.2, -0.15) is 13.2 Å². The zero-order chi connectivity index (χ0) is 25.4. The van der Waals surface area contributed by atoms with Crippen molar-refractivity contribution in [3.63, 3.8) is 0 Å². The molecule has 5 aromatic rings. The van der Waals surface area contributed by atoms with Gasteiger partial charge in [0.05, 0.1) is 48.1 Å². The number of nitrogens with two attached hydrogens (primary N) is 1. The van der Waals surface area contributed by atoms with Gasteiger partial charge in [0.1, 0.15) is 28.4 Å². The van der Waals surface area contributed by atoms with E-state index >= 15 is 0 Å². The van der Waals surface area contributed by atoms with Gasteiger partial charge < -0.3 is 10.6 Å². The van der Waals surface area contributed by atoms with Gasteiger partial charge in [0.25, 0.3) is 5.91 Å². The number of alkyl halides is 3. The molecule has 0 aliphatic carbocycles. The summed E-state index contributed by atoms with van der Waals surface area (Å²) in [5, 5.41) is 0. The summed E-state index contributed by atoms with van der Waals surface area (Å²) >= 11 is 0. The lowest BCUT2D eigenvalue weighted by Gasteiger charge is -2.28. The second kappa shape index (κ2) is 8.83. The number of nitrogen functional groups attached to an aromatic ring is 1. The van der Waals surface area contributed by atoms with Gasteiger partial charge in [-0.1, -0.05) is 0 Å². The molecule has 5 aromatic heterocycles. The van der Waals surface area contributed by atoms with Crippen LogP contribution in [0.1, 0.15) is 40.5 Å². The predicted molar refractivity (Wildman–Crippen MR) is 122 cm³/mol. The first-order valence-electron chi connectivity index (χ1n) is 10.7. The summed E-state index contributed by atoms with van der Waals surface area (Å²) in [6.45, 7) is 1.62. The van der Waals surface area contributed by atoms with Crippen molar-refractivity contribution in [2.75, 3.05) is 5.73 Å². The molecule has 1 atom stereocenters. The maximum atomic E-state index is 13.7. The van der Waals surface area contributed by atoms with Crippen molar-refractivity contribution in [1.29, 1.82) is 0 Å². The highest BCUT2D eigenvalue weighted by molar-refractivity contribution is 5.96. The van der Waals surface area contributed by atoms with E-state index in [-0.39, 0.29) is 23.8 Å². The molecule has 5 rings (SSSR count). The van der Waals surface area contributed by atoms with E-state index < -0.39 is 23.7 Å². The van der Waals surface area contributed by atoms with Crippen LogP contribution in [0.25, 0.3) is 16.6 Å². The van der Waals surface area contributed by atoms with Crippen LogP contribution in [0.5, 0.6) is 0 Å². The van der Waals surface area contributed by atoms with Crippen molar-refractivity contribution in [2.45, 2.75) is 25.7 Å². The van der Waals surface area contributed by atoms with Crippen LogP contribution in [0.15, 0.2) is 61.6 Å². The van der Waals surface area contributed by atoms with Crippen molar-refractivity contribution in [3.8, 4) is 0 Å². The molecule has 0 bridgehead atoms. The molecule has 1 amide bonds. The third-order valence-corrected chi connectivity index (χ3v) is 5.65. The molecule has 182 valence electrons. The highest BCUT2D eigenvalue weighted by atomic mass is 19.4. The summed E-state index contributed by atoms with van der Waals surface area (Å²) in [7, 11) is 0. The van der Waals surface area contributed by atoms with Crippen LogP contribution in [0, 0.1) is 0 Å². The molecule has 0 aliphatic heterocycles. The minimum atomic E-state index is -4.52. The largest absolute Gasteiger partial charge is 0.417 e. The van der Waals surface area contributed by atoms with Gasteiger partial charge >= 0.3 is 6.18 Å². The average Bonchev–Trinajstić information content (AvgIpc) is 3.38. The molecular formula is C23H18F3N9O. The van der Waals surface area contributed by atoms with E-state index in [0.717, 1.165) is 12.3 Å². The Labute approximate surface area is 201 Å². The normalized spacial score (nSPS) is 12.7. The standard InChI is InChI=1S/C23H18F3N9O/c1-13(21-29-5-2-6-30-21)34(11-15-4-3-14(8-31-15)23(24,25)26)22(36)16-7-18-17(9-32-16)33-20(27)19-10-28-12-35(18)19/h2-10,12-13H,11H2,1H3,(H2,27,33). The van der Waals surface area contributed by atoms with Crippen LogP contribution >= 0.6 is 0 Å². The van der Waals surface area contributed by atoms with Gasteiger partial charge in [0.15, 0.2) is 0 Å². The fourth-order valence-electron chi connectivity index (χ4n) is 3.75. The van der Waals surface area contributed by atoms with E-state index in [1.54, 1.807) is 36.0 Å². The van der Waals surface area contributed by atoms with Gasteiger partial charge in [-0.25, -0.2) is 24.9 Å². The number of halogens is 3. The fraction of sp³-hybridized carbons (Fsp3) is 0.174. The number of aromatic nitrogens is 7. The Balaban J connectivity index is 1.55. The molecule has 0 aliphatic rings. The van der Waals surface area contributed by atoms with E-state index in [9.17, 15) is 18.0 Å². The van der Waals surface area contributed by atoms with E-state index in [1.807, 2.05) is 0 Å². The molecule has 0 aromatic carbocycles. The monoisotopic (exact) mass is 493 g/mol. The van der Waals surface area contributed by atoms with Crippen LogP contribution < -0.4 is 5.73 Å². The Morgan fingerprint density at radius 2 is 1.86 bits per heavy atom. The number of carbonyl (C=O) groups is 1. The Bertz CT molecular complexity index is 1550. The first kappa shape index (κ1) is 23.1. The van der Waals surface area contributed by atoms with E-state index in [4.69, 9.17) is 5.73 Å². The quantitative estimate of drug-likeness (QED) is 0.394. The summed E-state index contributed by atoms with van der Waals surface area (Å²) < 4.78 is 40.6. The summed E-state index contributed by atoms with van der Waals surface area (Å²) in [6, 6.07) is 4.72. The van der Waals surface area contributed by atoms with Crippen LogP contribution in [0.4, 0.5) is 19.0 Å². The van der Waals surface area contributed by atoms with Gasteiger partial charge in [-0.05, 0) is 31.2 Å². The Kier molecular flexibility index (Phi) is 5.66. The molecule has 13 heteroatoms. The van der Waals surface area contributed by atoms with Crippen molar-refractivity contribution in [2.24, 2.45) is 0 Å². The first-order chi connectivity index (χ1) is 17.2. The van der Waals surface area contributed by atoms with E-state index in [2.05, 4.69) is 29.9 Å². The third-order valence-electron chi connectivity index (χ3n) is 5.65. The number of carbonyl (C=O) groups excluding carboxylic acids is 1. The predicted octanol–water partition coefficient (Wildman–Crippen LogP) is 3.47.